The summed E-state index contributed by atoms with van der Waals surface area (Å²) in [5.74, 6) is 1.21. The number of rotatable bonds is 7. The number of ether oxygens (including phenoxy) is 1. The lowest BCUT2D eigenvalue weighted by molar-refractivity contribution is -0.137. The largest absolute Gasteiger partial charge is 0.416 e. The highest BCUT2D eigenvalue weighted by atomic mass is 35.5. The second-order valence-corrected chi connectivity index (χ2v) is 10.7. The van der Waals surface area contributed by atoms with Crippen LogP contribution in [0.3, 0.4) is 0 Å². The highest BCUT2D eigenvalue weighted by Crippen LogP contribution is 2.54. The van der Waals surface area contributed by atoms with Crippen molar-refractivity contribution in [3.05, 3.63) is 70.5 Å². The van der Waals surface area contributed by atoms with Gasteiger partial charge in [0, 0.05) is 25.0 Å². The summed E-state index contributed by atoms with van der Waals surface area (Å²) in [6.45, 7) is 2.09. The number of morpholine rings is 1. The lowest BCUT2D eigenvalue weighted by atomic mass is 10.1. The monoisotopic (exact) mass is 542 g/mol. The number of anilines is 4. The molecular formula is C27H26ClF3N6O. The van der Waals surface area contributed by atoms with Crippen LogP contribution in [0.15, 0.2) is 48.5 Å². The Hall–Kier alpha value is -3.21. The first kappa shape index (κ1) is 25.1. The molecule has 0 amide bonds. The van der Waals surface area contributed by atoms with Crippen molar-refractivity contribution in [1.29, 1.82) is 5.41 Å². The third-order valence-electron chi connectivity index (χ3n) is 7.18. The Morgan fingerprint density at radius 1 is 0.947 bits per heavy atom. The van der Waals surface area contributed by atoms with Crippen LogP contribution in [0.5, 0.6) is 0 Å². The van der Waals surface area contributed by atoms with Gasteiger partial charge in [0.05, 0.1) is 39.6 Å². The predicted molar refractivity (Wildman–Crippen MR) is 140 cm³/mol. The minimum Gasteiger partial charge on any atom is -0.366 e. The molecule has 38 heavy (non-hydrogen) atoms. The van der Waals surface area contributed by atoms with Gasteiger partial charge in [-0.25, -0.2) is 9.97 Å². The van der Waals surface area contributed by atoms with E-state index in [4.69, 9.17) is 31.7 Å². The lowest BCUT2D eigenvalue weighted by Crippen LogP contribution is -2.50. The average molecular weight is 543 g/mol. The van der Waals surface area contributed by atoms with Crippen LogP contribution < -0.4 is 10.6 Å². The Morgan fingerprint density at radius 3 is 2.11 bits per heavy atom. The molecule has 2 aromatic carbocycles. The first-order valence-electron chi connectivity index (χ1n) is 12.5. The maximum atomic E-state index is 13.0. The molecule has 7 nitrogen and oxygen atoms in total. The van der Waals surface area contributed by atoms with Gasteiger partial charge in [-0.05, 0) is 62.1 Å². The van der Waals surface area contributed by atoms with E-state index < -0.39 is 11.7 Å². The quantitative estimate of drug-likeness (QED) is 0.294. The molecule has 2 saturated carbocycles. The zero-order chi connectivity index (χ0) is 26.5. The second-order valence-electron chi connectivity index (χ2n) is 10.3. The number of para-hydroxylation sites is 1. The molecule has 198 valence electrons. The predicted octanol–water partition coefficient (Wildman–Crippen LogP) is 6.53. The molecule has 2 aliphatic carbocycles. The molecule has 1 saturated heterocycles. The smallest absolute Gasteiger partial charge is 0.366 e. The summed E-state index contributed by atoms with van der Waals surface area (Å²) in [4.78, 5) is 11.8. The minimum absolute atomic E-state index is 0.0659. The van der Waals surface area contributed by atoms with Gasteiger partial charge in [-0.15, -0.1) is 0 Å². The molecule has 1 aromatic heterocycles. The minimum atomic E-state index is -4.43. The molecule has 11 heteroatoms. The molecule has 3 aliphatic rings. The third-order valence-corrected chi connectivity index (χ3v) is 7.50. The van der Waals surface area contributed by atoms with Crippen LogP contribution in [0, 0.1) is 5.41 Å². The lowest BCUT2D eigenvalue weighted by Gasteiger charge is -2.38. The molecule has 3 N–H and O–H groups in total. The van der Waals surface area contributed by atoms with Crippen molar-refractivity contribution >= 4 is 40.8 Å². The Kier molecular flexibility index (Phi) is 6.08. The van der Waals surface area contributed by atoms with E-state index in [1.165, 1.54) is 12.1 Å². The fourth-order valence-corrected chi connectivity index (χ4v) is 5.17. The number of nitrogens with zero attached hydrogens (tertiary/aromatic N) is 3. The number of aromatic nitrogens is 2. The van der Waals surface area contributed by atoms with Crippen molar-refractivity contribution in [3.63, 3.8) is 0 Å². The van der Waals surface area contributed by atoms with Gasteiger partial charge in [-0.2, -0.15) is 13.2 Å². The third kappa shape index (κ3) is 5.21. The molecule has 0 atom stereocenters. The summed E-state index contributed by atoms with van der Waals surface area (Å²) in [7, 11) is 0. The highest BCUT2D eigenvalue weighted by Gasteiger charge is 2.59. The van der Waals surface area contributed by atoms with Crippen molar-refractivity contribution < 1.29 is 17.9 Å². The van der Waals surface area contributed by atoms with Crippen LogP contribution in [0.25, 0.3) is 0 Å². The first-order chi connectivity index (χ1) is 18.2. The van der Waals surface area contributed by atoms with E-state index in [2.05, 4.69) is 15.5 Å². The van der Waals surface area contributed by atoms with Gasteiger partial charge >= 0.3 is 6.18 Å². The summed E-state index contributed by atoms with van der Waals surface area (Å²) in [5, 5.41) is 14.9. The van der Waals surface area contributed by atoms with E-state index in [1.807, 2.05) is 12.1 Å². The van der Waals surface area contributed by atoms with Gasteiger partial charge in [0.15, 0.2) is 0 Å². The molecule has 0 radical (unpaired) electrons. The molecule has 0 bridgehead atoms. The number of nitrogens with one attached hydrogen (secondary N) is 3. The zero-order valence-corrected chi connectivity index (χ0v) is 21.2. The summed E-state index contributed by atoms with van der Waals surface area (Å²) in [6.07, 6.45) is 0.904. The Labute approximate surface area is 222 Å². The van der Waals surface area contributed by atoms with Crippen molar-refractivity contribution in [1.82, 2.24) is 14.9 Å². The molecule has 2 heterocycles. The topological polar surface area (TPSA) is 86.2 Å². The van der Waals surface area contributed by atoms with Crippen molar-refractivity contribution in [2.45, 2.75) is 49.6 Å². The van der Waals surface area contributed by atoms with E-state index in [1.54, 1.807) is 12.1 Å². The summed E-state index contributed by atoms with van der Waals surface area (Å²) in [5.41, 5.74) is 0.507. The summed E-state index contributed by atoms with van der Waals surface area (Å²) < 4.78 is 45.6. The first-order valence-corrected chi connectivity index (χ1v) is 12.8. The van der Waals surface area contributed by atoms with Gasteiger partial charge in [0.25, 0.3) is 0 Å². The number of hydrogen-bond acceptors (Lipinski definition) is 7. The number of alkyl halides is 3. The van der Waals surface area contributed by atoms with Crippen LogP contribution in [0.4, 0.5) is 36.2 Å². The van der Waals surface area contributed by atoms with E-state index in [9.17, 15) is 13.2 Å². The molecule has 3 fully saturated rings. The van der Waals surface area contributed by atoms with E-state index in [0.29, 0.717) is 46.0 Å². The van der Waals surface area contributed by atoms with Crippen molar-refractivity contribution in [3.8, 4) is 0 Å². The molecule has 1 aliphatic heterocycles. The Morgan fingerprint density at radius 2 is 1.55 bits per heavy atom. The van der Waals surface area contributed by atoms with Gasteiger partial charge in [-0.1, -0.05) is 23.7 Å². The number of halogens is 4. The Bertz CT molecular complexity index is 1350. The van der Waals surface area contributed by atoms with Gasteiger partial charge in [0.2, 0.25) is 0 Å². The highest BCUT2D eigenvalue weighted by molar-refractivity contribution is 6.33. The maximum Gasteiger partial charge on any atom is 0.416 e. The van der Waals surface area contributed by atoms with Crippen LogP contribution in [-0.4, -0.2) is 45.4 Å². The molecule has 2 spiro atoms. The Balaban J connectivity index is 1.34. The fourth-order valence-electron chi connectivity index (χ4n) is 4.99. The van der Waals surface area contributed by atoms with Gasteiger partial charge in [-0.3, -0.25) is 4.90 Å². The number of hydrogen-bond donors (Lipinski definition) is 3. The van der Waals surface area contributed by atoms with E-state index >= 15 is 0 Å². The fraction of sp³-hybridized carbons (Fsp3) is 0.370. The standard InChI is InChI=1S/C27H26ClF3N6O/c28-20-3-1-2-4-21(20)34-24-19(13-32)23(33-18-7-5-17(6-8-18)27(29,30)31)35-22(36-24)14-37-15-25(9-10-25)38-26(16-37)11-12-26/h1-8,13,32H,9-12,14-16H2,(H2,33,34,35,36). The normalized spacial score (nSPS) is 19.4. The number of benzene rings is 2. The van der Waals surface area contributed by atoms with E-state index in [-0.39, 0.29) is 11.2 Å². The average Bonchev–Trinajstić information content (AvgIpc) is 3.79. The van der Waals surface area contributed by atoms with Crippen LogP contribution >= 0.6 is 11.6 Å². The molecule has 0 unspecified atom stereocenters. The molecule has 3 aromatic rings. The van der Waals surface area contributed by atoms with Crippen molar-refractivity contribution in [2.24, 2.45) is 0 Å². The van der Waals surface area contributed by atoms with Gasteiger partial charge in [0.1, 0.15) is 17.5 Å². The zero-order valence-electron chi connectivity index (χ0n) is 20.4. The van der Waals surface area contributed by atoms with Crippen molar-refractivity contribution in [2.75, 3.05) is 23.7 Å². The molecule has 6 rings (SSSR count). The van der Waals surface area contributed by atoms with Crippen LogP contribution in [0.2, 0.25) is 5.02 Å². The maximum absolute atomic E-state index is 13.0. The van der Waals surface area contributed by atoms with Gasteiger partial charge < -0.3 is 20.8 Å². The van der Waals surface area contributed by atoms with Crippen LogP contribution in [0.1, 0.15) is 42.6 Å². The SMILES string of the molecule is N=Cc1c(Nc2ccc(C(F)(F)F)cc2)nc(CN2CC3(CC3)OC3(CC3)C2)nc1Nc1ccccc1Cl. The molecular weight excluding hydrogens is 517 g/mol. The second kappa shape index (κ2) is 9.21. The van der Waals surface area contributed by atoms with Crippen LogP contribution in [-0.2, 0) is 17.5 Å². The van der Waals surface area contributed by atoms with E-state index in [0.717, 1.165) is 57.1 Å². The summed E-state index contributed by atoms with van der Waals surface area (Å²) >= 11 is 6.37. The summed E-state index contributed by atoms with van der Waals surface area (Å²) in [6, 6.07) is 11.9.